The standard InChI is InChI=1S/C13H18N4O/c1-10-7-12-13(18)16(5-6-17(12)15-10)9-11-3-2-4-14-8-11/h5-7,11,14H,2-4,8-9H2,1H3. The Balaban J connectivity index is 1.91. The Labute approximate surface area is 105 Å². The molecule has 1 saturated heterocycles. The van der Waals surface area contributed by atoms with E-state index in [0.717, 1.165) is 25.3 Å². The van der Waals surface area contributed by atoms with Gasteiger partial charge in [-0.3, -0.25) is 4.79 Å². The number of rotatable bonds is 2. The molecule has 0 amide bonds. The van der Waals surface area contributed by atoms with Crippen LogP contribution in [-0.2, 0) is 6.54 Å². The highest BCUT2D eigenvalue weighted by Crippen LogP contribution is 2.11. The minimum absolute atomic E-state index is 0.0590. The zero-order chi connectivity index (χ0) is 12.5. The molecule has 96 valence electrons. The summed E-state index contributed by atoms with van der Waals surface area (Å²) >= 11 is 0. The van der Waals surface area contributed by atoms with Crippen LogP contribution in [-0.4, -0.2) is 27.3 Å². The lowest BCUT2D eigenvalue weighted by atomic mass is 10.00. The lowest BCUT2D eigenvalue weighted by Gasteiger charge is -2.23. The van der Waals surface area contributed by atoms with Gasteiger partial charge in [-0.1, -0.05) is 0 Å². The number of fused-ring (bicyclic) bond motifs is 1. The third-order valence-corrected chi connectivity index (χ3v) is 3.58. The maximum absolute atomic E-state index is 12.3. The first-order valence-electron chi connectivity index (χ1n) is 6.50. The summed E-state index contributed by atoms with van der Waals surface area (Å²) in [5, 5.41) is 7.64. The predicted molar refractivity (Wildman–Crippen MR) is 69.8 cm³/mol. The lowest BCUT2D eigenvalue weighted by molar-refractivity contribution is 0.334. The fraction of sp³-hybridized carbons (Fsp3) is 0.538. The number of hydrogen-bond acceptors (Lipinski definition) is 3. The second-order valence-corrected chi connectivity index (χ2v) is 5.08. The van der Waals surface area contributed by atoms with Crippen molar-refractivity contribution in [2.75, 3.05) is 13.1 Å². The summed E-state index contributed by atoms with van der Waals surface area (Å²) in [6.07, 6.45) is 6.10. The van der Waals surface area contributed by atoms with Crippen LogP contribution in [0.2, 0.25) is 0 Å². The van der Waals surface area contributed by atoms with Crippen molar-refractivity contribution in [3.05, 3.63) is 34.5 Å². The predicted octanol–water partition coefficient (Wildman–Crippen LogP) is 0.804. The Morgan fingerprint density at radius 1 is 1.50 bits per heavy atom. The number of hydrogen-bond donors (Lipinski definition) is 1. The molecule has 3 rings (SSSR count). The zero-order valence-electron chi connectivity index (χ0n) is 10.6. The SMILES string of the molecule is Cc1cc2c(=O)n(CC3CCCNC3)ccn2n1. The van der Waals surface area contributed by atoms with Crippen LogP contribution in [0.15, 0.2) is 23.3 Å². The van der Waals surface area contributed by atoms with E-state index in [1.54, 1.807) is 4.52 Å². The van der Waals surface area contributed by atoms with Crippen molar-refractivity contribution < 1.29 is 0 Å². The van der Waals surface area contributed by atoms with Crippen LogP contribution in [0.25, 0.3) is 5.52 Å². The van der Waals surface area contributed by atoms with E-state index < -0.39 is 0 Å². The van der Waals surface area contributed by atoms with Crippen molar-refractivity contribution in [2.45, 2.75) is 26.3 Å². The van der Waals surface area contributed by atoms with Gasteiger partial charge in [-0.05, 0) is 44.8 Å². The van der Waals surface area contributed by atoms with Gasteiger partial charge in [-0.15, -0.1) is 0 Å². The molecule has 1 atom stereocenters. The third-order valence-electron chi connectivity index (χ3n) is 3.58. The van der Waals surface area contributed by atoms with Gasteiger partial charge < -0.3 is 9.88 Å². The first kappa shape index (κ1) is 11.5. The second kappa shape index (κ2) is 4.57. The lowest BCUT2D eigenvalue weighted by Crippen LogP contribution is -2.34. The summed E-state index contributed by atoms with van der Waals surface area (Å²) in [4.78, 5) is 12.3. The number of piperidine rings is 1. The zero-order valence-corrected chi connectivity index (χ0v) is 10.6. The molecule has 0 spiro atoms. The molecule has 2 aromatic heterocycles. The first-order chi connectivity index (χ1) is 8.74. The fourth-order valence-electron chi connectivity index (χ4n) is 2.65. The van der Waals surface area contributed by atoms with Gasteiger partial charge >= 0.3 is 0 Å². The van der Waals surface area contributed by atoms with Crippen LogP contribution >= 0.6 is 0 Å². The molecule has 18 heavy (non-hydrogen) atoms. The number of aryl methyl sites for hydroxylation is 1. The molecule has 1 unspecified atom stereocenters. The van der Waals surface area contributed by atoms with E-state index in [1.807, 2.05) is 30.0 Å². The Bertz CT molecular complexity index is 607. The van der Waals surface area contributed by atoms with Crippen molar-refractivity contribution in [1.29, 1.82) is 0 Å². The number of nitrogens with one attached hydrogen (secondary N) is 1. The molecule has 0 bridgehead atoms. The summed E-state index contributed by atoms with van der Waals surface area (Å²) in [5.74, 6) is 0.558. The van der Waals surface area contributed by atoms with Crippen LogP contribution in [0.4, 0.5) is 0 Å². The van der Waals surface area contributed by atoms with Gasteiger partial charge in [-0.2, -0.15) is 5.10 Å². The van der Waals surface area contributed by atoms with Gasteiger partial charge in [-0.25, -0.2) is 4.52 Å². The highest BCUT2D eigenvalue weighted by atomic mass is 16.1. The highest BCUT2D eigenvalue weighted by Gasteiger charge is 2.15. The molecule has 0 saturated carbocycles. The molecule has 1 fully saturated rings. The van der Waals surface area contributed by atoms with Gasteiger partial charge in [0, 0.05) is 18.9 Å². The maximum atomic E-state index is 12.3. The summed E-state index contributed by atoms with van der Waals surface area (Å²) in [6.45, 7) is 4.82. The highest BCUT2D eigenvalue weighted by molar-refractivity contribution is 5.44. The van der Waals surface area contributed by atoms with Gasteiger partial charge in [0.15, 0.2) is 0 Å². The van der Waals surface area contributed by atoms with Gasteiger partial charge in [0.1, 0.15) is 5.52 Å². The number of aromatic nitrogens is 3. The summed E-state index contributed by atoms with van der Waals surface area (Å²) in [5.41, 5.74) is 1.60. The smallest absolute Gasteiger partial charge is 0.276 e. The van der Waals surface area contributed by atoms with E-state index in [1.165, 1.54) is 12.8 Å². The fourth-order valence-corrected chi connectivity index (χ4v) is 2.65. The largest absolute Gasteiger partial charge is 0.316 e. The molecular formula is C13H18N4O. The molecule has 1 aliphatic heterocycles. The van der Waals surface area contributed by atoms with E-state index in [4.69, 9.17) is 0 Å². The summed E-state index contributed by atoms with van der Waals surface area (Å²) in [6, 6.07) is 1.85. The van der Waals surface area contributed by atoms with Crippen molar-refractivity contribution >= 4 is 5.52 Å². The summed E-state index contributed by atoms with van der Waals surface area (Å²) in [7, 11) is 0. The average molecular weight is 246 g/mol. The van der Waals surface area contributed by atoms with Crippen LogP contribution in [0.5, 0.6) is 0 Å². The first-order valence-corrected chi connectivity index (χ1v) is 6.50. The van der Waals surface area contributed by atoms with Crippen LogP contribution < -0.4 is 10.9 Å². The van der Waals surface area contributed by atoms with Crippen molar-refractivity contribution in [2.24, 2.45) is 5.92 Å². The molecule has 5 nitrogen and oxygen atoms in total. The Morgan fingerprint density at radius 2 is 2.39 bits per heavy atom. The second-order valence-electron chi connectivity index (χ2n) is 5.08. The van der Waals surface area contributed by atoms with Gasteiger partial charge in [0.2, 0.25) is 0 Å². The molecule has 3 heterocycles. The van der Waals surface area contributed by atoms with E-state index in [2.05, 4.69) is 10.4 Å². The van der Waals surface area contributed by atoms with E-state index >= 15 is 0 Å². The van der Waals surface area contributed by atoms with Gasteiger partial charge in [0.05, 0.1) is 5.69 Å². The Kier molecular flexibility index (Phi) is 2.91. The van der Waals surface area contributed by atoms with Crippen molar-refractivity contribution in [3.8, 4) is 0 Å². The third kappa shape index (κ3) is 2.06. The summed E-state index contributed by atoms with van der Waals surface area (Å²) < 4.78 is 3.47. The molecule has 5 heteroatoms. The molecule has 2 aromatic rings. The van der Waals surface area contributed by atoms with Crippen LogP contribution in [0.3, 0.4) is 0 Å². The number of nitrogens with zero attached hydrogens (tertiary/aromatic N) is 3. The van der Waals surface area contributed by atoms with Crippen molar-refractivity contribution in [1.82, 2.24) is 19.5 Å². The maximum Gasteiger partial charge on any atom is 0.276 e. The topological polar surface area (TPSA) is 51.3 Å². The van der Waals surface area contributed by atoms with Crippen LogP contribution in [0, 0.1) is 12.8 Å². The monoisotopic (exact) mass is 246 g/mol. The molecule has 1 N–H and O–H groups in total. The molecule has 0 aliphatic carbocycles. The molecule has 0 aromatic carbocycles. The Hall–Kier alpha value is -1.62. The quantitative estimate of drug-likeness (QED) is 0.853. The average Bonchev–Trinajstić information content (AvgIpc) is 2.76. The normalized spacial score (nSPS) is 20.4. The van der Waals surface area contributed by atoms with E-state index in [-0.39, 0.29) is 5.56 Å². The minimum atomic E-state index is 0.0590. The van der Waals surface area contributed by atoms with Gasteiger partial charge in [0.25, 0.3) is 5.56 Å². The Morgan fingerprint density at radius 3 is 3.17 bits per heavy atom. The van der Waals surface area contributed by atoms with Crippen LogP contribution in [0.1, 0.15) is 18.5 Å². The molecular weight excluding hydrogens is 228 g/mol. The molecule has 1 aliphatic rings. The van der Waals surface area contributed by atoms with Crippen molar-refractivity contribution in [3.63, 3.8) is 0 Å². The van der Waals surface area contributed by atoms with E-state index in [9.17, 15) is 4.79 Å². The molecule has 0 radical (unpaired) electrons. The van der Waals surface area contributed by atoms with E-state index in [0.29, 0.717) is 11.4 Å². The minimum Gasteiger partial charge on any atom is -0.316 e.